The third-order valence-electron chi connectivity index (χ3n) is 4.41. The smallest absolute Gasteiger partial charge is 0.170 e. The van der Waals surface area contributed by atoms with Crippen molar-refractivity contribution >= 4 is 5.78 Å². The van der Waals surface area contributed by atoms with Gasteiger partial charge in [-0.05, 0) is 29.5 Å². The fourth-order valence-electron chi connectivity index (χ4n) is 3.60. The fourth-order valence-corrected chi connectivity index (χ4v) is 3.60. The van der Waals surface area contributed by atoms with Gasteiger partial charge in [-0.15, -0.1) is 0 Å². The average Bonchev–Trinajstić information content (AvgIpc) is 2.64. The summed E-state index contributed by atoms with van der Waals surface area (Å²) in [4.78, 5) is 12.7. The summed E-state index contributed by atoms with van der Waals surface area (Å²) in [6.07, 6.45) is 2.10. The first-order valence-corrected chi connectivity index (χ1v) is 6.58. The Labute approximate surface area is 106 Å². The normalized spacial score (nSPS) is 24.3. The van der Waals surface area contributed by atoms with Gasteiger partial charge in [-0.2, -0.15) is 0 Å². The van der Waals surface area contributed by atoms with Crippen molar-refractivity contribution in [2.75, 3.05) is 0 Å². The van der Waals surface area contributed by atoms with Crippen molar-refractivity contribution in [2.24, 2.45) is 0 Å². The molecule has 0 aliphatic heterocycles. The number of carbonyl (C=O) groups is 1. The molecule has 0 saturated carbocycles. The summed E-state index contributed by atoms with van der Waals surface area (Å²) in [6.45, 7) is 0. The minimum atomic E-state index is 0.0844. The van der Waals surface area contributed by atoms with Gasteiger partial charge in [-0.1, -0.05) is 48.5 Å². The number of hydrogen-bond acceptors (Lipinski definition) is 1. The van der Waals surface area contributed by atoms with Crippen LogP contribution in [0.25, 0.3) is 0 Å². The molecule has 2 aromatic carbocycles. The van der Waals surface area contributed by atoms with Gasteiger partial charge in [0.15, 0.2) is 5.78 Å². The lowest BCUT2D eigenvalue weighted by atomic mass is 9.77. The highest BCUT2D eigenvalue weighted by molar-refractivity contribution is 6.04. The number of carbonyl (C=O) groups excluding carboxylic acids is 1. The quantitative estimate of drug-likeness (QED) is 0.675. The van der Waals surface area contributed by atoms with Crippen molar-refractivity contribution in [1.82, 2.24) is 0 Å². The lowest BCUT2D eigenvalue weighted by Crippen LogP contribution is -2.15. The minimum absolute atomic E-state index is 0.0844. The first kappa shape index (κ1) is 10.1. The second kappa shape index (κ2) is 3.55. The van der Waals surface area contributed by atoms with Crippen LogP contribution in [0.1, 0.15) is 51.7 Å². The second-order valence-electron chi connectivity index (χ2n) is 5.26. The Morgan fingerprint density at radius 2 is 1.28 bits per heavy atom. The highest BCUT2D eigenvalue weighted by atomic mass is 16.1. The van der Waals surface area contributed by atoms with Gasteiger partial charge < -0.3 is 0 Å². The van der Waals surface area contributed by atoms with E-state index in [2.05, 4.69) is 30.3 Å². The van der Waals surface area contributed by atoms with Crippen molar-refractivity contribution in [1.29, 1.82) is 0 Å². The summed E-state index contributed by atoms with van der Waals surface area (Å²) < 4.78 is 0. The van der Waals surface area contributed by atoms with E-state index in [1.807, 2.05) is 18.2 Å². The van der Waals surface area contributed by atoms with Crippen LogP contribution >= 0.6 is 0 Å². The lowest BCUT2D eigenvalue weighted by molar-refractivity contribution is 0.0956. The van der Waals surface area contributed by atoms with Gasteiger partial charge in [0.2, 0.25) is 0 Å². The van der Waals surface area contributed by atoms with E-state index >= 15 is 0 Å². The van der Waals surface area contributed by atoms with Gasteiger partial charge in [0.25, 0.3) is 0 Å². The molecule has 0 N–H and O–H groups in total. The Morgan fingerprint density at radius 3 is 2.06 bits per heavy atom. The fraction of sp³-hybridized carbons (Fsp3) is 0.235. The van der Waals surface area contributed by atoms with E-state index in [1.165, 1.54) is 16.7 Å². The summed E-state index contributed by atoms with van der Waals surface area (Å²) >= 11 is 0. The summed E-state index contributed by atoms with van der Waals surface area (Å²) in [5.41, 5.74) is 4.80. The molecule has 18 heavy (non-hydrogen) atoms. The SMILES string of the molecule is O=C1c2ccccc2[C@H]2CC[C@@H]1c1ccccc12. The molecular weight excluding hydrogens is 220 g/mol. The van der Waals surface area contributed by atoms with Crippen molar-refractivity contribution in [2.45, 2.75) is 24.7 Å². The molecule has 0 spiro atoms. The van der Waals surface area contributed by atoms with Gasteiger partial charge in [-0.25, -0.2) is 0 Å². The van der Waals surface area contributed by atoms with Crippen LogP contribution in [0.5, 0.6) is 0 Å². The van der Waals surface area contributed by atoms with E-state index in [0.29, 0.717) is 11.7 Å². The summed E-state index contributed by atoms with van der Waals surface area (Å²) in [6, 6.07) is 16.6. The van der Waals surface area contributed by atoms with E-state index in [1.54, 1.807) is 0 Å². The third-order valence-corrected chi connectivity index (χ3v) is 4.41. The Hall–Kier alpha value is -1.89. The molecule has 88 valence electrons. The molecule has 0 aromatic heterocycles. The Bertz CT molecular complexity index is 642. The van der Waals surface area contributed by atoms with Gasteiger partial charge in [-0.3, -0.25) is 4.79 Å². The van der Waals surface area contributed by atoms with Crippen LogP contribution in [-0.4, -0.2) is 5.78 Å². The second-order valence-corrected chi connectivity index (χ2v) is 5.26. The number of fused-ring (bicyclic) bond motifs is 1. The van der Waals surface area contributed by atoms with Crippen LogP contribution < -0.4 is 0 Å². The number of ketones is 1. The van der Waals surface area contributed by atoms with Crippen LogP contribution in [0.2, 0.25) is 0 Å². The first-order valence-electron chi connectivity index (χ1n) is 6.58. The molecule has 2 bridgehead atoms. The average molecular weight is 234 g/mol. The Kier molecular flexibility index (Phi) is 1.99. The predicted octanol–water partition coefficient (Wildman–Crippen LogP) is 3.89. The van der Waals surface area contributed by atoms with E-state index in [-0.39, 0.29) is 5.92 Å². The molecule has 3 aliphatic rings. The van der Waals surface area contributed by atoms with E-state index in [4.69, 9.17) is 0 Å². The summed E-state index contributed by atoms with van der Waals surface area (Å²) in [5, 5.41) is 0. The number of benzene rings is 2. The Morgan fingerprint density at radius 1 is 0.722 bits per heavy atom. The largest absolute Gasteiger partial charge is 0.293 e. The molecule has 1 heteroatoms. The monoisotopic (exact) mass is 234 g/mol. The minimum Gasteiger partial charge on any atom is -0.293 e. The molecule has 0 amide bonds. The molecule has 2 aromatic rings. The van der Waals surface area contributed by atoms with E-state index in [0.717, 1.165) is 18.4 Å². The van der Waals surface area contributed by atoms with Gasteiger partial charge in [0, 0.05) is 17.4 Å². The van der Waals surface area contributed by atoms with Gasteiger partial charge >= 0.3 is 0 Å². The molecule has 1 nitrogen and oxygen atoms in total. The molecule has 0 heterocycles. The lowest BCUT2D eigenvalue weighted by Gasteiger charge is -2.26. The van der Waals surface area contributed by atoms with E-state index < -0.39 is 0 Å². The molecule has 5 rings (SSSR count). The van der Waals surface area contributed by atoms with Crippen molar-refractivity contribution in [3.63, 3.8) is 0 Å². The molecule has 2 atom stereocenters. The van der Waals surface area contributed by atoms with Crippen LogP contribution in [0.4, 0.5) is 0 Å². The van der Waals surface area contributed by atoms with Crippen LogP contribution in [0.15, 0.2) is 48.5 Å². The maximum Gasteiger partial charge on any atom is 0.170 e. The topological polar surface area (TPSA) is 17.1 Å². The molecule has 3 aliphatic carbocycles. The zero-order valence-electron chi connectivity index (χ0n) is 10.1. The van der Waals surface area contributed by atoms with E-state index in [9.17, 15) is 4.79 Å². The summed E-state index contributed by atoms with van der Waals surface area (Å²) in [5.74, 6) is 0.819. The predicted molar refractivity (Wildman–Crippen MR) is 71.0 cm³/mol. The first-order chi connectivity index (χ1) is 8.86. The Balaban J connectivity index is 2.07. The van der Waals surface area contributed by atoms with Gasteiger partial charge in [0.1, 0.15) is 0 Å². The molecule has 0 unspecified atom stereocenters. The molecular formula is C17H14O. The highest BCUT2D eigenvalue weighted by Gasteiger charge is 2.38. The van der Waals surface area contributed by atoms with Crippen LogP contribution in [0.3, 0.4) is 0 Å². The molecule has 0 saturated heterocycles. The van der Waals surface area contributed by atoms with Crippen LogP contribution in [0, 0.1) is 0 Å². The van der Waals surface area contributed by atoms with Gasteiger partial charge in [0.05, 0.1) is 0 Å². The zero-order valence-corrected chi connectivity index (χ0v) is 10.1. The molecule has 0 radical (unpaired) electrons. The molecule has 0 fully saturated rings. The summed E-state index contributed by atoms with van der Waals surface area (Å²) in [7, 11) is 0. The third kappa shape index (κ3) is 1.19. The number of rotatable bonds is 0. The maximum atomic E-state index is 12.7. The maximum absolute atomic E-state index is 12.7. The highest BCUT2D eigenvalue weighted by Crippen LogP contribution is 2.47. The van der Waals surface area contributed by atoms with Crippen molar-refractivity contribution < 1.29 is 4.79 Å². The number of Topliss-reactive ketones (excluding diaryl/α,β-unsaturated/α-hetero) is 1. The zero-order chi connectivity index (χ0) is 12.1. The standard InChI is InChI=1S/C17H14O/c18-17-15-8-4-3-7-13(15)14-9-10-16(17)12-6-2-1-5-11(12)14/h1-8,14,16H,9-10H2/t14-,16+/m0/s1. The van der Waals surface area contributed by atoms with Crippen LogP contribution in [-0.2, 0) is 0 Å². The van der Waals surface area contributed by atoms with Crippen molar-refractivity contribution in [3.8, 4) is 0 Å². The number of hydrogen-bond donors (Lipinski definition) is 0. The van der Waals surface area contributed by atoms with Crippen molar-refractivity contribution in [3.05, 3.63) is 70.8 Å².